The topological polar surface area (TPSA) is 56.7 Å². The predicted molar refractivity (Wildman–Crippen MR) is 104 cm³/mol. The number of thioether (sulfide) groups is 1. The Morgan fingerprint density at radius 3 is 3.09 bits per heavy atom. The average molecular weight is 436 g/mol. The van der Waals surface area contributed by atoms with Crippen LogP contribution in [0.5, 0.6) is 0 Å². The molecule has 0 saturated carbocycles. The van der Waals surface area contributed by atoms with Crippen LogP contribution in [0.2, 0.25) is 0 Å². The highest BCUT2D eigenvalue weighted by Gasteiger charge is 2.42. The van der Waals surface area contributed by atoms with Crippen LogP contribution < -0.4 is 10.6 Å². The van der Waals surface area contributed by atoms with Crippen LogP contribution in [0, 0.1) is 17.8 Å². The van der Waals surface area contributed by atoms with Gasteiger partial charge >= 0.3 is 0 Å². The minimum atomic E-state index is 0. The molecule has 1 amide bonds. The molecule has 0 bridgehead atoms. The Kier molecular flexibility index (Phi) is 8.39. The largest absolute Gasteiger partial charge is 0.355 e. The van der Waals surface area contributed by atoms with E-state index in [1.807, 2.05) is 7.05 Å². The molecule has 2 aliphatic heterocycles. The van der Waals surface area contributed by atoms with E-state index in [1.54, 1.807) is 11.8 Å². The predicted octanol–water partition coefficient (Wildman–Crippen LogP) is 1.15. The van der Waals surface area contributed by atoms with Gasteiger partial charge in [-0.1, -0.05) is 5.92 Å². The number of halogens is 1. The summed E-state index contributed by atoms with van der Waals surface area (Å²) in [6, 6.07) is 0. The first-order valence-electron chi connectivity index (χ1n) is 7.43. The molecule has 2 rings (SSSR count). The van der Waals surface area contributed by atoms with E-state index in [4.69, 9.17) is 6.42 Å². The van der Waals surface area contributed by atoms with Crippen molar-refractivity contribution in [3.05, 3.63) is 0 Å². The summed E-state index contributed by atoms with van der Waals surface area (Å²) in [6.07, 6.45) is 8.12. The van der Waals surface area contributed by atoms with Crippen molar-refractivity contribution in [2.75, 3.05) is 44.7 Å². The molecule has 7 heteroatoms. The lowest BCUT2D eigenvalue weighted by Crippen LogP contribution is -2.51. The molecule has 0 radical (unpaired) electrons. The normalized spacial score (nSPS) is 24.6. The fourth-order valence-electron chi connectivity index (χ4n) is 3.13. The number of terminal acetylenes is 1. The van der Waals surface area contributed by atoms with Crippen LogP contribution in [0.25, 0.3) is 0 Å². The zero-order valence-corrected chi connectivity index (χ0v) is 16.2. The highest BCUT2D eigenvalue weighted by Crippen LogP contribution is 2.35. The average Bonchev–Trinajstić information content (AvgIpc) is 2.83. The third kappa shape index (κ3) is 5.23. The number of hydrogen-bond acceptors (Lipinski definition) is 3. The van der Waals surface area contributed by atoms with E-state index in [2.05, 4.69) is 26.4 Å². The van der Waals surface area contributed by atoms with Crippen LogP contribution >= 0.6 is 35.7 Å². The lowest BCUT2D eigenvalue weighted by molar-refractivity contribution is -0.119. The van der Waals surface area contributed by atoms with Crippen LogP contribution in [0.3, 0.4) is 0 Å². The molecule has 1 unspecified atom stereocenters. The summed E-state index contributed by atoms with van der Waals surface area (Å²) >= 11 is 1.74. The van der Waals surface area contributed by atoms with Crippen molar-refractivity contribution in [1.29, 1.82) is 0 Å². The monoisotopic (exact) mass is 436 g/mol. The zero-order chi connectivity index (χ0) is 15.1. The maximum atomic E-state index is 11.5. The van der Waals surface area contributed by atoms with Gasteiger partial charge in [0.15, 0.2) is 5.96 Å². The number of likely N-dealkylation sites (tertiary alicyclic amines) is 1. The highest BCUT2D eigenvalue weighted by atomic mass is 127. The van der Waals surface area contributed by atoms with Crippen molar-refractivity contribution in [3.63, 3.8) is 0 Å². The van der Waals surface area contributed by atoms with Gasteiger partial charge < -0.3 is 15.5 Å². The van der Waals surface area contributed by atoms with E-state index >= 15 is 0 Å². The summed E-state index contributed by atoms with van der Waals surface area (Å²) in [4.78, 5) is 18.2. The molecule has 0 aromatic carbocycles. The van der Waals surface area contributed by atoms with Gasteiger partial charge in [-0.05, 0) is 12.8 Å². The van der Waals surface area contributed by atoms with Gasteiger partial charge in [0.05, 0.1) is 5.75 Å². The van der Waals surface area contributed by atoms with E-state index < -0.39 is 0 Å². The first kappa shape index (κ1) is 19.4. The van der Waals surface area contributed by atoms with Crippen LogP contribution in [0.15, 0.2) is 4.99 Å². The number of guanidine groups is 1. The summed E-state index contributed by atoms with van der Waals surface area (Å²) < 4.78 is 0. The molecule has 1 atom stereocenters. The molecule has 5 nitrogen and oxygen atoms in total. The van der Waals surface area contributed by atoms with Gasteiger partial charge in [0, 0.05) is 50.8 Å². The van der Waals surface area contributed by atoms with Gasteiger partial charge in [0.25, 0.3) is 0 Å². The van der Waals surface area contributed by atoms with Crippen LogP contribution in [-0.2, 0) is 4.79 Å². The summed E-state index contributed by atoms with van der Waals surface area (Å²) in [7, 11) is 1.82. The quantitative estimate of drug-likeness (QED) is 0.228. The van der Waals surface area contributed by atoms with E-state index in [1.165, 1.54) is 0 Å². The molecule has 1 spiro atoms. The first-order chi connectivity index (χ1) is 10.2. The number of carbonyl (C=O) groups excluding carboxylic acids is 1. The smallest absolute Gasteiger partial charge is 0.220 e. The van der Waals surface area contributed by atoms with Crippen molar-refractivity contribution < 1.29 is 4.79 Å². The van der Waals surface area contributed by atoms with Gasteiger partial charge in [0.2, 0.25) is 5.91 Å². The molecule has 22 heavy (non-hydrogen) atoms. The van der Waals surface area contributed by atoms with Gasteiger partial charge in [-0.25, -0.2) is 0 Å². The minimum absolute atomic E-state index is 0. The number of hydrogen-bond donors (Lipinski definition) is 2. The van der Waals surface area contributed by atoms with Crippen molar-refractivity contribution >= 4 is 47.6 Å². The van der Waals surface area contributed by atoms with Crippen molar-refractivity contribution in [1.82, 2.24) is 15.5 Å². The first-order valence-corrected chi connectivity index (χ1v) is 8.58. The Hall–Kier alpha value is -0.620. The molecule has 0 aromatic heterocycles. The van der Waals surface area contributed by atoms with E-state index in [9.17, 15) is 4.79 Å². The van der Waals surface area contributed by atoms with Crippen LogP contribution in [-0.4, -0.2) is 61.5 Å². The molecule has 2 fully saturated rings. The Labute approximate surface area is 154 Å². The molecule has 2 N–H and O–H groups in total. The van der Waals surface area contributed by atoms with Crippen LogP contribution in [0.4, 0.5) is 0 Å². The molecule has 0 aliphatic carbocycles. The second-order valence-electron chi connectivity index (χ2n) is 5.71. The van der Waals surface area contributed by atoms with Gasteiger partial charge in [-0.2, -0.15) is 0 Å². The third-order valence-electron chi connectivity index (χ3n) is 4.08. The zero-order valence-electron chi connectivity index (χ0n) is 13.1. The highest BCUT2D eigenvalue weighted by molar-refractivity contribution is 14.0. The fraction of sp³-hybridized carbons (Fsp3) is 0.733. The Balaban J connectivity index is 0.00000242. The summed E-state index contributed by atoms with van der Waals surface area (Å²) in [5.41, 5.74) is 0.102. The summed E-state index contributed by atoms with van der Waals surface area (Å²) in [5, 5.41) is 6.37. The number of aliphatic imine (C=N–C) groups is 1. The Bertz CT molecular complexity index is 451. The number of nitrogens with zero attached hydrogens (tertiary/aromatic N) is 2. The van der Waals surface area contributed by atoms with E-state index in [-0.39, 0.29) is 35.3 Å². The molecular weight excluding hydrogens is 411 g/mol. The Morgan fingerprint density at radius 2 is 2.45 bits per heavy atom. The maximum absolute atomic E-state index is 11.5. The molecule has 0 aromatic rings. The standard InChI is InChI=1S/C15H24N4OS.HI/c1-3-8-21-9-6-17-14(16-2)19-7-4-5-15(12-19)10-13(20)18-11-15;/h1H,4-12H2,2H3,(H,16,17)(H,18,20);1H. The number of piperidine rings is 1. The molecule has 2 heterocycles. The maximum Gasteiger partial charge on any atom is 0.220 e. The SMILES string of the molecule is C#CCSCCNC(=NC)N1CCCC2(CNC(=O)C2)C1.I. The van der Waals surface area contributed by atoms with E-state index in [0.29, 0.717) is 6.42 Å². The minimum Gasteiger partial charge on any atom is -0.355 e. The fourth-order valence-corrected chi connectivity index (χ4v) is 3.64. The molecule has 2 aliphatic rings. The number of carbonyl (C=O) groups is 1. The van der Waals surface area contributed by atoms with Gasteiger partial charge in [-0.3, -0.25) is 9.79 Å². The Morgan fingerprint density at radius 1 is 1.64 bits per heavy atom. The second kappa shape index (κ2) is 9.50. The lowest BCUT2D eigenvalue weighted by Gasteiger charge is -2.40. The molecule has 2 saturated heterocycles. The third-order valence-corrected chi connectivity index (χ3v) is 4.95. The second-order valence-corrected chi connectivity index (χ2v) is 6.81. The number of rotatable bonds is 4. The van der Waals surface area contributed by atoms with Crippen molar-refractivity contribution in [2.24, 2.45) is 10.4 Å². The van der Waals surface area contributed by atoms with Crippen LogP contribution in [0.1, 0.15) is 19.3 Å². The summed E-state index contributed by atoms with van der Waals surface area (Å²) in [6.45, 7) is 3.58. The van der Waals surface area contributed by atoms with Gasteiger partial charge in [-0.15, -0.1) is 42.2 Å². The van der Waals surface area contributed by atoms with Crippen molar-refractivity contribution in [3.8, 4) is 12.3 Å². The molecule has 124 valence electrons. The molecular formula is C15H25IN4OS. The number of amides is 1. The number of nitrogens with one attached hydrogen (secondary N) is 2. The van der Waals surface area contributed by atoms with Crippen molar-refractivity contribution in [2.45, 2.75) is 19.3 Å². The lowest BCUT2D eigenvalue weighted by atomic mass is 9.79. The van der Waals surface area contributed by atoms with E-state index in [0.717, 1.165) is 56.5 Å². The summed E-state index contributed by atoms with van der Waals surface area (Å²) in [5.74, 6) is 5.48. The van der Waals surface area contributed by atoms with Gasteiger partial charge in [0.1, 0.15) is 0 Å².